The van der Waals surface area contributed by atoms with E-state index in [-0.39, 0.29) is 11.4 Å². The molecule has 0 unspecified atom stereocenters. The van der Waals surface area contributed by atoms with E-state index in [2.05, 4.69) is 23.8 Å². The number of aliphatic imine (C=N–C) groups is 1. The summed E-state index contributed by atoms with van der Waals surface area (Å²) in [6, 6.07) is 10.4. The van der Waals surface area contributed by atoms with Crippen LogP contribution >= 0.6 is 0 Å². The third kappa shape index (κ3) is 2.33. The molecule has 1 aromatic carbocycles. The average molecular weight is 320 g/mol. The number of halogens is 1. The maximum Gasteiger partial charge on any atom is 0.123 e. The van der Waals surface area contributed by atoms with Gasteiger partial charge in [0.05, 0.1) is 17.8 Å². The van der Waals surface area contributed by atoms with Gasteiger partial charge in [-0.2, -0.15) is 5.10 Å². The van der Waals surface area contributed by atoms with Crippen LogP contribution in [0.3, 0.4) is 0 Å². The molecule has 0 N–H and O–H groups in total. The SMILES string of the molecule is CC1(C)CN=Cc2c(-c3ccncc3)c(-c3ccc(F)cc3)nn21. The molecule has 1 aliphatic heterocycles. The molecule has 0 saturated heterocycles. The van der Waals surface area contributed by atoms with Crippen molar-refractivity contribution in [2.24, 2.45) is 4.99 Å². The van der Waals surface area contributed by atoms with Crippen molar-refractivity contribution in [1.29, 1.82) is 0 Å². The van der Waals surface area contributed by atoms with Crippen LogP contribution in [0, 0.1) is 5.82 Å². The van der Waals surface area contributed by atoms with E-state index in [1.807, 2.05) is 23.0 Å². The molecule has 120 valence electrons. The molecule has 0 radical (unpaired) electrons. The van der Waals surface area contributed by atoms with Crippen LogP contribution < -0.4 is 0 Å². The number of benzene rings is 1. The summed E-state index contributed by atoms with van der Waals surface area (Å²) in [5, 5.41) is 4.86. The van der Waals surface area contributed by atoms with E-state index in [9.17, 15) is 4.39 Å². The molecule has 0 bridgehead atoms. The number of hydrogen-bond acceptors (Lipinski definition) is 3. The van der Waals surface area contributed by atoms with Crippen molar-refractivity contribution < 1.29 is 4.39 Å². The van der Waals surface area contributed by atoms with Crippen LogP contribution in [-0.2, 0) is 5.54 Å². The first-order valence-corrected chi connectivity index (χ1v) is 7.86. The second-order valence-electron chi connectivity index (χ2n) is 6.55. The fourth-order valence-corrected chi connectivity index (χ4v) is 3.05. The molecule has 3 heterocycles. The maximum absolute atomic E-state index is 13.3. The van der Waals surface area contributed by atoms with Gasteiger partial charge in [0, 0.05) is 29.7 Å². The number of nitrogens with zero attached hydrogens (tertiary/aromatic N) is 4. The molecular weight excluding hydrogens is 303 g/mol. The lowest BCUT2D eigenvalue weighted by molar-refractivity contribution is 0.324. The zero-order valence-corrected chi connectivity index (χ0v) is 13.6. The summed E-state index contributed by atoms with van der Waals surface area (Å²) in [4.78, 5) is 8.62. The molecular formula is C19H17FN4. The molecule has 2 aromatic heterocycles. The molecule has 0 fully saturated rings. The van der Waals surface area contributed by atoms with E-state index in [1.54, 1.807) is 24.5 Å². The minimum Gasteiger partial charge on any atom is -0.288 e. The monoisotopic (exact) mass is 320 g/mol. The van der Waals surface area contributed by atoms with Gasteiger partial charge >= 0.3 is 0 Å². The van der Waals surface area contributed by atoms with Gasteiger partial charge in [-0.25, -0.2) is 4.39 Å². The van der Waals surface area contributed by atoms with Gasteiger partial charge in [-0.1, -0.05) is 0 Å². The first kappa shape index (κ1) is 14.8. The molecule has 0 atom stereocenters. The van der Waals surface area contributed by atoms with E-state index in [0.29, 0.717) is 6.54 Å². The summed E-state index contributed by atoms with van der Waals surface area (Å²) in [6.07, 6.45) is 5.40. The molecule has 0 saturated carbocycles. The molecule has 24 heavy (non-hydrogen) atoms. The molecule has 0 amide bonds. The lowest BCUT2D eigenvalue weighted by Gasteiger charge is -2.28. The van der Waals surface area contributed by atoms with Crippen molar-refractivity contribution >= 4 is 6.21 Å². The number of rotatable bonds is 2. The summed E-state index contributed by atoms with van der Waals surface area (Å²) < 4.78 is 15.3. The molecule has 4 rings (SSSR count). The highest BCUT2D eigenvalue weighted by atomic mass is 19.1. The molecule has 1 aliphatic rings. The first-order valence-electron chi connectivity index (χ1n) is 7.86. The normalized spacial score (nSPS) is 15.3. The lowest BCUT2D eigenvalue weighted by atomic mass is 9.98. The third-order valence-electron chi connectivity index (χ3n) is 4.27. The van der Waals surface area contributed by atoms with Gasteiger partial charge in [-0.15, -0.1) is 0 Å². The zero-order chi connectivity index (χ0) is 16.7. The Kier molecular flexibility index (Phi) is 3.30. The quantitative estimate of drug-likeness (QED) is 0.718. The second-order valence-corrected chi connectivity index (χ2v) is 6.55. The smallest absolute Gasteiger partial charge is 0.123 e. The first-order chi connectivity index (χ1) is 11.6. The average Bonchev–Trinajstić information content (AvgIpc) is 2.97. The topological polar surface area (TPSA) is 43.1 Å². The van der Waals surface area contributed by atoms with Crippen LogP contribution in [0.1, 0.15) is 19.5 Å². The van der Waals surface area contributed by atoms with Gasteiger partial charge in [-0.3, -0.25) is 14.7 Å². The van der Waals surface area contributed by atoms with Crippen molar-refractivity contribution in [1.82, 2.24) is 14.8 Å². The highest BCUT2D eigenvalue weighted by Gasteiger charge is 2.31. The Balaban J connectivity index is 2.01. The van der Waals surface area contributed by atoms with E-state index in [4.69, 9.17) is 5.10 Å². The predicted molar refractivity (Wildman–Crippen MR) is 92.6 cm³/mol. The maximum atomic E-state index is 13.3. The molecule has 5 heteroatoms. The fourth-order valence-electron chi connectivity index (χ4n) is 3.05. The van der Waals surface area contributed by atoms with Crippen LogP contribution in [0.2, 0.25) is 0 Å². The minimum atomic E-state index is -0.255. The van der Waals surface area contributed by atoms with Gasteiger partial charge in [0.1, 0.15) is 11.5 Å². The van der Waals surface area contributed by atoms with Crippen molar-refractivity contribution in [3.8, 4) is 22.4 Å². The van der Waals surface area contributed by atoms with Crippen molar-refractivity contribution in [3.05, 3.63) is 60.3 Å². The summed E-state index contributed by atoms with van der Waals surface area (Å²) >= 11 is 0. The lowest BCUT2D eigenvalue weighted by Crippen LogP contribution is -2.35. The highest BCUT2D eigenvalue weighted by molar-refractivity contribution is 5.95. The van der Waals surface area contributed by atoms with Crippen molar-refractivity contribution in [2.75, 3.05) is 6.54 Å². The third-order valence-corrected chi connectivity index (χ3v) is 4.27. The zero-order valence-electron chi connectivity index (χ0n) is 13.6. The van der Waals surface area contributed by atoms with Gasteiger partial charge in [-0.05, 0) is 55.8 Å². The Labute approximate surface area is 139 Å². The Hall–Kier alpha value is -2.82. The summed E-state index contributed by atoms with van der Waals surface area (Å²) in [5.41, 5.74) is 4.50. The predicted octanol–water partition coefficient (Wildman–Crippen LogP) is 3.92. The van der Waals surface area contributed by atoms with Crippen molar-refractivity contribution in [2.45, 2.75) is 19.4 Å². The summed E-state index contributed by atoms with van der Waals surface area (Å²) in [7, 11) is 0. The number of aromatic nitrogens is 3. The van der Waals surface area contributed by atoms with Crippen LogP contribution in [0.25, 0.3) is 22.4 Å². The summed E-state index contributed by atoms with van der Waals surface area (Å²) in [5.74, 6) is -0.255. The van der Waals surface area contributed by atoms with E-state index >= 15 is 0 Å². The molecule has 3 aromatic rings. The van der Waals surface area contributed by atoms with Gasteiger partial charge in [0.2, 0.25) is 0 Å². The Morgan fingerprint density at radius 1 is 1.00 bits per heavy atom. The number of fused-ring (bicyclic) bond motifs is 1. The van der Waals surface area contributed by atoms with Crippen LogP contribution in [0.5, 0.6) is 0 Å². The van der Waals surface area contributed by atoms with Crippen LogP contribution in [0.15, 0.2) is 53.8 Å². The fraction of sp³-hybridized carbons (Fsp3) is 0.211. The van der Waals surface area contributed by atoms with Crippen LogP contribution in [-0.4, -0.2) is 27.5 Å². The second kappa shape index (κ2) is 5.37. The van der Waals surface area contributed by atoms with Crippen molar-refractivity contribution in [3.63, 3.8) is 0 Å². The van der Waals surface area contributed by atoms with Gasteiger partial charge in [0.25, 0.3) is 0 Å². The van der Waals surface area contributed by atoms with Crippen LogP contribution in [0.4, 0.5) is 4.39 Å². The number of pyridine rings is 1. The standard InChI is InChI=1S/C19H17FN4/c1-19(2)12-22-11-16-17(13-7-9-21-10-8-13)18(23-24(16)19)14-3-5-15(20)6-4-14/h3-11H,12H2,1-2H3. The summed E-state index contributed by atoms with van der Waals surface area (Å²) in [6.45, 7) is 4.91. The largest absolute Gasteiger partial charge is 0.288 e. The number of hydrogen-bond donors (Lipinski definition) is 0. The Morgan fingerprint density at radius 3 is 2.42 bits per heavy atom. The minimum absolute atomic E-state index is 0.204. The molecule has 4 nitrogen and oxygen atoms in total. The molecule has 0 spiro atoms. The van der Waals surface area contributed by atoms with E-state index in [0.717, 1.165) is 28.1 Å². The van der Waals surface area contributed by atoms with Gasteiger partial charge in [0.15, 0.2) is 0 Å². The Bertz CT molecular complexity index is 909. The van der Waals surface area contributed by atoms with E-state index < -0.39 is 0 Å². The highest BCUT2D eigenvalue weighted by Crippen LogP contribution is 2.37. The Morgan fingerprint density at radius 2 is 1.71 bits per heavy atom. The van der Waals surface area contributed by atoms with Gasteiger partial charge < -0.3 is 0 Å². The van der Waals surface area contributed by atoms with E-state index in [1.165, 1.54) is 12.1 Å². The molecule has 0 aliphatic carbocycles.